The van der Waals surface area contributed by atoms with Crippen LogP contribution in [0.5, 0.6) is 5.75 Å². The summed E-state index contributed by atoms with van der Waals surface area (Å²) in [6.45, 7) is 2.57. The van der Waals surface area contributed by atoms with E-state index in [1.165, 1.54) is 7.11 Å². The lowest BCUT2D eigenvalue weighted by molar-refractivity contribution is -0.135. The zero-order valence-electron chi connectivity index (χ0n) is 16.3. The zero-order chi connectivity index (χ0) is 19.9. The lowest BCUT2D eigenvalue weighted by atomic mass is 9.99. The van der Waals surface area contributed by atoms with Crippen LogP contribution < -0.4 is 4.74 Å². The van der Waals surface area contributed by atoms with E-state index in [1.54, 1.807) is 19.2 Å². The van der Waals surface area contributed by atoms with Crippen molar-refractivity contribution in [2.24, 2.45) is 0 Å². The van der Waals surface area contributed by atoms with E-state index in [9.17, 15) is 9.59 Å². The smallest absolute Gasteiger partial charge is 0.337 e. The fourth-order valence-electron chi connectivity index (χ4n) is 3.26. The van der Waals surface area contributed by atoms with Crippen molar-refractivity contribution in [1.29, 1.82) is 0 Å². The first-order valence-corrected chi connectivity index (χ1v) is 9.33. The molecule has 1 fully saturated rings. The van der Waals surface area contributed by atoms with Crippen LogP contribution in [0.3, 0.4) is 0 Å². The predicted octanol–water partition coefficient (Wildman–Crippen LogP) is 2.94. The number of hydrogen-bond acceptors (Lipinski definition) is 5. The summed E-state index contributed by atoms with van der Waals surface area (Å²) < 4.78 is 15.6. The highest BCUT2D eigenvalue weighted by atomic mass is 16.5. The molecule has 6 nitrogen and oxygen atoms in total. The monoisotopic (exact) mass is 383 g/mol. The molecule has 6 heteroatoms. The largest absolute Gasteiger partial charge is 0.496 e. The molecule has 0 saturated carbocycles. The maximum Gasteiger partial charge on any atom is 0.337 e. The molecule has 148 valence electrons. The molecular formula is C22H25NO5. The maximum atomic E-state index is 12.3. The molecule has 0 bridgehead atoms. The number of methoxy groups -OCH3 is 2. The molecule has 0 aliphatic carbocycles. The Hall–Kier alpha value is -2.86. The van der Waals surface area contributed by atoms with Crippen molar-refractivity contribution in [3.05, 3.63) is 53.6 Å². The van der Waals surface area contributed by atoms with Crippen molar-refractivity contribution in [2.45, 2.75) is 12.8 Å². The average molecular weight is 383 g/mol. The molecule has 1 amide bonds. The molecule has 1 aliphatic heterocycles. The highest BCUT2D eigenvalue weighted by molar-refractivity contribution is 5.90. The van der Waals surface area contributed by atoms with Gasteiger partial charge in [-0.2, -0.15) is 0 Å². The molecule has 0 atom stereocenters. The summed E-state index contributed by atoms with van der Waals surface area (Å²) in [5.41, 5.74) is 3.43. The Labute approximate surface area is 165 Å². The number of carbonyl (C=O) groups is 2. The minimum Gasteiger partial charge on any atom is -0.496 e. The normalized spacial score (nSPS) is 13.9. The van der Waals surface area contributed by atoms with E-state index in [0.29, 0.717) is 44.7 Å². The summed E-state index contributed by atoms with van der Waals surface area (Å²) in [5, 5.41) is 0. The van der Waals surface area contributed by atoms with Crippen molar-refractivity contribution in [3.8, 4) is 16.9 Å². The van der Waals surface area contributed by atoms with E-state index >= 15 is 0 Å². The number of carbonyl (C=O) groups excluding carboxylic acids is 2. The Morgan fingerprint density at radius 2 is 1.75 bits per heavy atom. The minimum atomic E-state index is -0.362. The standard InChI is InChI=1S/C22H25NO5/c1-26-20-15-16(4-10-21(24)23-11-13-28-14-12-23)3-9-19(20)17-5-7-18(8-6-17)22(25)27-2/h3,5-9,15H,4,10-14H2,1-2H3. The summed E-state index contributed by atoms with van der Waals surface area (Å²) in [4.78, 5) is 25.8. The van der Waals surface area contributed by atoms with Crippen LogP contribution in [-0.2, 0) is 20.7 Å². The van der Waals surface area contributed by atoms with Crippen LogP contribution in [-0.4, -0.2) is 57.3 Å². The molecule has 0 spiro atoms. The number of amides is 1. The second-order valence-corrected chi connectivity index (χ2v) is 6.60. The second-order valence-electron chi connectivity index (χ2n) is 6.60. The lowest BCUT2D eigenvalue weighted by Gasteiger charge is -2.26. The minimum absolute atomic E-state index is 0.157. The lowest BCUT2D eigenvalue weighted by Crippen LogP contribution is -2.40. The SMILES string of the molecule is COC(=O)c1ccc(-c2ccc(CCC(=O)N3CCOCC3)cc2OC)cc1. The summed E-state index contributed by atoms with van der Waals surface area (Å²) in [6, 6.07) is 13.2. The van der Waals surface area contributed by atoms with E-state index in [1.807, 2.05) is 35.2 Å². The first-order valence-electron chi connectivity index (χ1n) is 9.33. The number of ether oxygens (including phenoxy) is 3. The van der Waals surface area contributed by atoms with Crippen molar-refractivity contribution in [2.75, 3.05) is 40.5 Å². The summed E-state index contributed by atoms with van der Waals surface area (Å²) >= 11 is 0. The quantitative estimate of drug-likeness (QED) is 0.718. The van der Waals surface area contributed by atoms with Gasteiger partial charge in [0.2, 0.25) is 5.91 Å². The van der Waals surface area contributed by atoms with E-state index in [-0.39, 0.29) is 11.9 Å². The van der Waals surface area contributed by atoms with Crippen LogP contribution in [0.25, 0.3) is 11.1 Å². The molecule has 0 N–H and O–H groups in total. The molecule has 2 aromatic rings. The number of morpholine rings is 1. The van der Waals surface area contributed by atoms with Crippen LogP contribution in [0.15, 0.2) is 42.5 Å². The van der Waals surface area contributed by atoms with Crippen LogP contribution in [0.4, 0.5) is 0 Å². The van der Waals surface area contributed by atoms with Crippen LogP contribution in [0.1, 0.15) is 22.3 Å². The van der Waals surface area contributed by atoms with Gasteiger partial charge in [-0.3, -0.25) is 4.79 Å². The zero-order valence-corrected chi connectivity index (χ0v) is 16.3. The van der Waals surface area contributed by atoms with Crippen molar-refractivity contribution >= 4 is 11.9 Å². The molecule has 0 aromatic heterocycles. The average Bonchev–Trinajstić information content (AvgIpc) is 2.77. The fraction of sp³-hybridized carbons (Fsp3) is 0.364. The third-order valence-electron chi connectivity index (χ3n) is 4.87. The predicted molar refractivity (Wildman–Crippen MR) is 105 cm³/mol. The number of benzene rings is 2. The van der Waals surface area contributed by atoms with Gasteiger partial charge < -0.3 is 19.1 Å². The Balaban J connectivity index is 1.69. The topological polar surface area (TPSA) is 65.1 Å². The van der Waals surface area contributed by atoms with Gasteiger partial charge in [0.25, 0.3) is 0 Å². The Bertz CT molecular complexity index is 825. The number of nitrogens with zero attached hydrogens (tertiary/aromatic N) is 1. The molecule has 1 aliphatic rings. The number of rotatable bonds is 6. The van der Waals surface area contributed by atoms with Gasteiger partial charge in [-0.25, -0.2) is 4.79 Å². The van der Waals surface area contributed by atoms with Crippen molar-refractivity contribution < 1.29 is 23.8 Å². The molecular weight excluding hydrogens is 358 g/mol. The van der Waals surface area contributed by atoms with Gasteiger partial charge in [0.05, 0.1) is 33.0 Å². The molecule has 1 saturated heterocycles. The first kappa shape index (κ1) is 19.9. The number of hydrogen-bond donors (Lipinski definition) is 0. The van der Waals surface area contributed by atoms with Gasteiger partial charge in [-0.15, -0.1) is 0 Å². The van der Waals surface area contributed by atoms with E-state index in [4.69, 9.17) is 14.2 Å². The molecule has 2 aromatic carbocycles. The molecule has 0 radical (unpaired) electrons. The Morgan fingerprint density at radius 1 is 1.04 bits per heavy atom. The van der Waals surface area contributed by atoms with Gasteiger partial charge in [0.1, 0.15) is 5.75 Å². The molecule has 3 rings (SSSR count). The van der Waals surface area contributed by atoms with Crippen molar-refractivity contribution in [1.82, 2.24) is 4.90 Å². The van der Waals surface area contributed by atoms with Gasteiger partial charge in [-0.1, -0.05) is 24.3 Å². The van der Waals surface area contributed by atoms with Crippen molar-refractivity contribution in [3.63, 3.8) is 0 Å². The van der Waals surface area contributed by atoms with Crippen LogP contribution in [0.2, 0.25) is 0 Å². The summed E-state index contributed by atoms with van der Waals surface area (Å²) in [7, 11) is 2.99. The first-order chi connectivity index (χ1) is 13.6. The van der Waals surface area contributed by atoms with Crippen LogP contribution in [0, 0.1) is 0 Å². The summed E-state index contributed by atoms with van der Waals surface area (Å²) in [6.07, 6.45) is 1.13. The van der Waals surface area contributed by atoms with E-state index in [0.717, 1.165) is 22.4 Å². The highest BCUT2D eigenvalue weighted by Crippen LogP contribution is 2.31. The van der Waals surface area contributed by atoms with Gasteiger partial charge in [0, 0.05) is 25.1 Å². The van der Waals surface area contributed by atoms with E-state index < -0.39 is 0 Å². The van der Waals surface area contributed by atoms with Gasteiger partial charge in [-0.05, 0) is 35.7 Å². The number of esters is 1. The third-order valence-corrected chi connectivity index (χ3v) is 4.87. The maximum absolute atomic E-state index is 12.3. The fourth-order valence-corrected chi connectivity index (χ4v) is 3.26. The number of aryl methyl sites for hydroxylation is 1. The van der Waals surface area contributed by atoms with Gasteiger partial charge in [0.15, 0.2) is 0 Å². The van der Waals surface area contributed by atoms with Crippen LogP contribution >= 0.6 is 0 Å². The second kappa shape index (κ2) is 9.37. The Kier molecular flexibility index (Phi) is 6.66. The summed E-state index contributed by atoms with van der Waals surface area (Å²) in [5.74, 6) is 0.533. The molecule has 1 heterocycles. The van der Waals surface area contributed by atoms with E-state index in [2.05, 4.69) is 0 Å². The Morgan fingerprint density at radius 3 is 2.39 bits per heavy atom. The molecule has 0 unspecified atom stereocenters. The highest BCUT2D eigenvalue weighted by Gasteiger charge is 2.17. The third kappa shape index (κ3) is 4.70. The molecule has 28 heavy (non-hydrogen) atoms. The van der Waals surface area contributed by atoms with Gasteiger partial charge >= 0.3 is 5.97 Å².